The fraction of sp³-hybridized carbons (Fsp3) is 0.625. The molecule has 0 aliphatic carbocycles. The molecule has 2 rings (SSSR count). The summed E-state index contributed by atoms with van der Waals surface area (Å²) in [6.07, 6.45) is -0.198. The molecule has 2 atom stereocenters. The van der Waals surface area contributed by atoms with Crippen LogP contribution in [0.15, 0.2) is 24.3 Å². The third-order valence-corrected chi connectivity index (χ3v) is 3.86. The molecule has 1 aromatic rings. The molecule has 4 heteroatoms. The number of β-amino-alcohol motifs (C(OH)–C–C–N with tert-alkyl or cyclic N) is 1. The molecular formula is C16H27ClN2O. The largest absolute Gasteiger partial charge is 0.391 e. The molecule has 1 saturated heterocycles. The van der Waals surface area contributed by atoms with Crippen LogP contribution >= 0.6 is 12.4 Å². The zero-order chi connectivity index (χ0) is 13.9. The van der Waals surface area contributed by atoms with Gasteiger partial charge in [-0.1, -0.05) is 45.0 Å². The Morgan fingerprint density at radius 2 is 1.85 bits per heavy atom. The van der Waals surface area contributed by atoms with Crippen molar-refractivity contribution in [3.63, 3.8) is 0 Å². The Balaban J connectivity index is 0.00000200. The van der Waals surface area contributed by atoms with E-state index < -0.39 is 0 Å². The summed E-state index contributed by atoms with van der Waals surface area (Å²) in [6, 6.07) is 8.81. The molecular weight excluding hydrogens is 272 g/mol. The first-order chi connectivity index (χ1) is 8.97. The van der Waals surface area contributed by atoms with E-state index in [1.54, 1.807) is 0 Å². The molecule has 1 heterocycles. The van der Waals surface area contributed by atoms with Gasteiger partial charge < -0.3 is 15.7 Å². The minimum Gasteiger partial charge on any atom is -0.391 e. The van der Waals surface area contributed by atoms with Crippen LogP contribution in [0.25, 0.3) is 0 Å². The Morgan fingerprint density at radius 1 is 1.20 bits per heavy atom. The number of halogens is 1. The molecule has 0 saturated carbocycles. The SMILES string of the molecule is CC(C)(C)c1ccc(CNCC2CNCC2O)cc1.Cl. The monoisotopic (exact) mass is 298 g/mol. The predicted octanol–water partition coefficient (Wildman–Crippen LogP) is 2.08. The number of benzene rings is 1. The molecule has 1 fully saturated rings. The molecule has 114 valence electrons. The highest BCUT2D eigenvalue weighted by atomic mass is 35.5. The lowest BCUT2D eigenvalue weighted by Gasteiger charge is -2.19. The molecule has 1 aromatic carbocycles. The Bertz CT molecular complexity index is 400. The minimum absolute atomic E-state index is 0. The summed E-state index contributed by atoms with van der Waals surface area (Å²) in [5.41, 5.74) is 2.88. The van der Waals surface area contributed by atoms with Crippen molar-refractivity contribution < 1.29 is 5.11 Å². The second-order valence-electron chi connectivity index (χ2n) is 6.56. The van der Waals surface area contributed by atoms with Crippen LogP contribution in [-0.4, -0.2) is 30.8 Å². The van der Waals surface area contributed by atoms with Gasteiger partial charge in [-0.2, -0.15) is 0 Å². The Labute approximate surface area is 128 Å². The molecule has 0 radical (unpaired) electrons. The van der Waals surface area contributed by atoms with Crippen molar-refractivity contribution in [1.82, 2.24) is 10.6 Å². The number of hydrogen-bond acceptors (Lipinski definition) is 3. The average Bonchev–Trinajstić information content (AvgIpc) is 2.75. The zero-order valence-electron chi connectivity index (χ0n) is 12.6. The standard InChI is InChI=1S/C16H26N2O.ClH/c1-16(2,3)14-6-4-12(5-7-14)8-17-9-13-10-18-11-15(13)19;/h4-7,13,15,17-19H,8-11H2,1-3H3;1H. The van der Waals surface area contributed by atoms with Gasteiger partial charge in [0.25, 0.3) is 0 Å². The fourth-order valence-electron chi connectivity index (χ4n) is 2.45. The van der Waals surface area contributed by atoms with E-state index in [0.717, 1.165) is 26.2 Å². The van der Waals surface area contributed by atoms with E-state index in [2.05, 4.69) is 55.7 Å². The summed E-state index contributed by atoms with van der Waals surface area (Å²) in [7, 11) is 0. The third-order valence-electron chi connectivity index (χ3n) is 3.86. The molecule has 0 spiro atoms. The summed E-state index contributed by atoms with van der Waals surface area (Å²) in [6.45, 7) is 10.1. The molecule has 3 nitrogen and oxygen atoms in total. The Kier molecular flexibility index (Phi) is 6.46. The maximum atomic E-state index is 9.71. The number of aliphatic hydroxyl groups is 1. The quantitative estimate of drug-likeness (QED) is 0.797. The van der Waals surface area contributed by atoms with Crippen LogP contribution in [0.4, 0.5) is 0 Å². The summed E-state index contributed by atoms with van der Waals surface area (Å²) in [5.74, 6) is 0.342. The highest BCUT2D eigenvalue weighted by Crippen LogP contribution is 2.22. The average molecular weight is 299 g/mol. The third kappa shape index (κ3) is 4.74. The van der Waals surface area contributed by atoms with Gasteiger partial charge in [0, 0.05) is 32.1 Å². The molecule has 0 bridgehead atoms. The topological polar surface area (TPSA) is 44.3 Å². The van der Waals surface area contributed by atoms with Crippen LogP contribution in [0.3, 0.4) is 0 Å². The van der Waals surface area contributed by atoms with Gasteiger partial charge in [-0.05, 0) is 16.5 Å². The lowest BCUT2D eigenvalue weighted by molar-refractivity contribution is 0.146. The summed E-state index contributed by atoms with van der Waals surface area (Å²) in [5, 5.41) is 16.3. The number of rotatable bonds is 4. The molecule has 3 N–H and O–H groups in total. The van der Waals surface area contributed by atoms with Crippen LogP contribution in [0.1, 0.15) is 31.9 Å². The van der Waals surface area contributed by atoms with Gasteiger partial charge in [-0.25, -0.2) is 0 Å². The number of nitrogens with one attached hydrogen (secondary N) is 2. The van der Waals surface area contributed by atoms with E-state index in [1.807, 2.05) is 0 Å². The van der Waals surface area contributed by atoms with Crippen molar-refractivity contribution in [3.8, 4) is 0 Å². The first-order valence-electron chi connectivity index (χ1n) is 7.16. The summed E-state index contributed by atoms with van der Waals surface area (Å²) >= 11 is 0. The van der Waals surface area contributed by atoms with Gasteiger partial charge in [0.1, 0.15) is 0 Å². The molecule has 0 amide bonds. The lowest BCUT2D eigenvalue weighted by Crippen LogP contribution is -2.30. The number of hydrogen-bond donors (Lipinski definition) is 3. The smallest absolute Gasteiger partial charge is 0.0716 e. The van der Waals surface area contributed by atoms with Crippen LogP contribution in [-0.2, 0) is 12.0 Å². The summed E-state index contributed by atoms with van der Waals surface area (Å²) in [4.78, 5) is 0. The highest BCUT2D eigenvalue weighted by molar-refractivity contribution is 5.85. The van der Waals surface area contributed by atoms with Crippen LogP contribution in [0.5, 0.6) is 0 Å². The van der Waals surface area contributed by atoms with Crippen LogP contribution < -0.4 is 10.6 Å². The molecule has 0 aromatic heterocycles. The van der Waals surface area contributed by atoms with Crippen molar-refractivity contribution in [1.29, 1.82) is 0 Å². The van der Waals surface area contributed by atoms with Crippen molar-refractivity contribution in [2.24, 2.45) is 5.92 Å². The van der Waals surface area contributed by atoms with E-state index >= 15 is 0 Å². The van der Waals surface area contributed by atoms with Gasteiger partial charge in [0.05, 0.1) is 6.10 Å². The molecule has 20 heavy (non-hydrogen) atoms. The Morgan fingerprint density at radius 3 is 2.35 bits per heavy atom. The second-order valence-corrected chi connectivity index (χ2v) is 6.56. The lowest BCUT2D eigenvalue weighted by atomic mass is 9.87. The zero-order valence-corrected chi connectivity index (χ0v) is 13.5. The normalized spacial score (nSPS) is 22.6. The summed E-state index contributed by atoms with van der Waals surface area (Å²) < 4.78 is 0. The van der Waals surface area contributed by atoms with E-state index in [-0.39, 0.29) is 23.9 Å². The van der Waals surface area contributed by atoms with Gasteiger partial charge >= 0.3 is 0 Å². The molecule has 1 aliphatic rings. The maximum absolute atomic E-state index is 9.71. The molecule has 2 unspecified atom stereocenters. The van der Waals surface area contributed by atoms with Crippen molar-refractivity contribution in [2.45, 2.75) is 38.8 Å². The fourth-order valence-corrected chi connectivity index (χ4v) is 2.45. The minimum atomic E-state index is -0.198. The van der Waals surface area contributed by atoms with Crippen LogP contribution in [0.2, 0.25) is 0 Å². The maximum Gasteiger partial charge on any atom is 0.0716 e. The van der Waals surface area contributed by atoms with E-state index in [4.69, 9.17) is 0 Å². The van der Waals surface area contributed by atoms with Crippen molar-refractivity contribution >= 4 is 12.4 Å². The van der Waals surface area contributed by atoms with Gasteiger partial charge in [-0.15, -0.1) is 12.4 Å². The van der Waals surface area contributed by atoms with Gasteiger partial charge in [0.15, 0.2) is 0 Å². The Hall–Kier alpha value is -0.610. The van der Waals surface area contributed by atoms with Crippen molar-refractivity contribution in [3.05, 3.63) is 35.4 Å². The molecule has 1 aliphatic heterocycles. The van der Waals surface area contributed by atoms with E-state index in [9.17, 15) is 5.11 Å². The second kappa shape index (κ2) is 7.41. The predicted molar refractivity (Wildman–Crippen MR) is 86.5 cm³/mol. The van der Waals surface area contributed by atoms with Crippen molar-refractivity contribution in [2.75, 3.05) is 19.6 Å². The van der Waals surface area contributed by atoms with E-state index in [1.165, 1.54) is 11.1 Å². The van der Waals surface area contributed by atoms with Crippen LogP contribution in [0, 0.1) is 5.92 Å². The van der Waals surface area contributed by atoms with Gasteiger partial charge in [-0.3, -0.25) is 0 Å². The van der Waals surface area contributed by atoms with Gasteiger partial charge in [0.2, 0.25) is 0 Å². The van der Waals surface area contributed by atoms with E-state index in [0.29, 0.717) is 5.92 Å². The highest BCUT2D eigenvalue weighted by Gasteiger charge is 2.23. The number of aliphatic hydroxyl groups excluding tert-OH is 1. The first-order valence-corrected chi connectivity index (χ1v) is 7.16. The first kappa shape index (κ1) is 17.4.